The molecule has 0 saturated carbocycles. The minimum absolute atomic E-state index is 0.694. The molecule has 0 aliphatic heterocycles. The topological polar surface area (TPSA) is 43.6 Å². The van der Waals surface area contributed by atoms with Crippen molar-refractivity contribution in [2.45, 2.75) is 0 Å². The summed E-state index contributed by atoms with van der Waals surface area (Å²) < 4.78 is 2.38. The van der Waals surface area contributed by atoms with Gasteiger partial charge in [0, 0.05) is 44.1 Å². The Bertz CT molecular complexity index is 3280. The minimum Gasteiger partial charge on any atom is -0.307 e. The van der Waals surface area contributed by atoms with E-state index < -0.39 is 0 Å². The van der Waals surface area contributed by atoms with Gasteiger partial charge in [-0.3, -0.25) is 0 Å². The molecule has 0 spiro atoms. The zero-order valence-electron chi connectivity index (χ0n) is 32.1. The Balaban J connectivity index is 1.05. The van der Waals surface area contributed by atoms with E-state index in [4.69, 9.17) is 15.0 Å². The van der Waals surface area contributed by atoms with Crippen LogP contribution in [0.2, 0.25) is 0 Å². The highest BCUT2D eigenvalue weighted by Gasteiger charge is 2.22. The first kappa shape index (κ1) is 34.3. The number of pyridine rings is 1. The summed E-state index contributed by atoms with van der Waals surface area (Å²) in [6, 6.07) is 76.7. The quantitative estimate of drug-likeness (QED) is 0.163. The molecule has 3 heterocycles. The van der Waals surface area contributed by atoms with Gasteiger partial charge in [0.2, 0.25) is 0 Å². The summed E-state index contributed by atoms with van der Waals surface area (Å²) in [6.07, 6.45) is 0. The van der Waals surface area contributed by atoms with Crippen LogP contribution in [0.4, 0.5) is 0 Å². The SMILES string of the molecule is c1ccc(-c2ccc(-c3cc(-c4ccc(-c5ccccc5-c5nc6ccccc6c6c7ccccc7n(-c7ccccc7)c56)cc4)nc(-c4ccccc4)n3)cc2)cc1. The van der Waals surface area contributed by atoms with Crippen LogP contribution in [0.25, 0.3) is 106 Å². The van der Waals surface area contributed by atoms with Gasteiger partial charge in [0.25, 0.3) is 0 Å². The monoisotopic (exact) mass is 752 g/mol. The molecular formula is C55H36N4. The van der Waals surface area contributed by atoms with Crippen molar-refractivity contribution in [2.75, 3.05) is 0 Å². The van der Waals surface area contributed by atoms with E-state index in [0.717, 1.165) is 78.1 Å². The number of fused-ring (bicyclic) bond motifs is 5. The van der Waals surface area contributed by atoms with E-state index in [1.807, 2.05) is 24.3 Å². The zero-order chi connectivity index (χ0) is 39.1. The molecule has 0 N–H and O–H groups in total. The third-order valence-electron chi connectivity index (χ3n) is 11.2. The number of benzene rings is 8. The molecule has 0 unspecified atom stereocenters. The molecule has 0 fully saturated rings. The molecule has 0 aliphatic rings. The summed E-state index contributed by atoms with van der Waals surface area (Å²) in [6.45, 7) is 0. The maximum absolute atomic E-state index is 5.47. The number of rotatable bonds is 7. The normalized spacial score (nSPS) is 11.4. The van der Waals surface area contributed by atoms with Gasteiger partial charge in [0.1, 0.15) is 0 Å². The zero-order valence-corrected chi connectivity index (χ0v) is 32.1. The summed E-state index contributed by atoms with van der Waals surface area (Å²) in [5.74, 6) is 0.694. The summed E-state index contributed by atoms with van der Waals surface area (Å²) in [4.78, 5) is 15.7. The Morgan fingerprint density at radius 1 is 0.339 bits per heavy atom. The molecule has 59 heavy (non-hydrogen) atoms. The third kappa shape index (κ3) is 6.15. The van der Waals surface area contributed by atoms with Crippen molar-refractivity contribution >= 4 is 32.7 Å². The van der Waals surface area contributed by atoms with Crippen molar-refractivity contribution in [2.24, 2.45) is 0 Å². The third-order valence-corrected chi connectivity index (χ3v) is 11.2. The second-order valence-electron chi connectivity index (χ2n) is 14.8. The van der Waals surface area contributed by atoms with Gasteiger partial charge in [-0.25, -0.2) is 15.0 Å². The van der Waals surface area contributed by atoms with Crippen molar-refractivity contribution < 1.29 is 0 Å². The van der Waals surface area contributed by atoms with E-state index >= 15 is 0 Å². The van der Waals surface area contributed by atoms with Crippen LogP contribution in [0.15, 0.2) is 218 Å². The van der Waals surface area contributed by atoms with E-state index in [9.17, 15) is 0 Å². The van der Waals surface area contributed by atoms with Gasteiger partial charge in [-0.15, -0.1) is 0 Å². The molecule has 0 radical (unpaired) electrons. The molecule has 0 bridgehead atoms. The van der Waals surface area contributed by atoms with Crippen LogP contribution >= 0.6 is 0 Å². The van der Waals surface area contributed by atoms with Gasteiger partial charge in [0.05, 0.1) is 33.6 Å². The van der Waals surface area contributed by atoms with E-state index in [1.54, 1.807) is 0 Å². The van der Waals surface area contributed by atoms with Crippen molar-refractivity contribution in [3.05, 3.63) is 218 Å². The summed E-state index contributed by atoms with van der Waals surface area (Å²) >= 11 is 0. The molecule has 8 aromatic carbocycles. The molecule has 11 rings (SSSR count). The smallest absolute Gasteiger partial charge is 0.160 e. The maximum Gasteiger partial charge on any atom is 0.160 e. The van der Waals surface area contributed by atoms with E-state index in [0.29, 0.717) is 5.82 Å². The fourth-order valence-electron chi connectivity index (χ4n) is 8.41. The Kier molecular flexibility index (Phi) is 8.45. The number of hydrogen-bond acceptors (Lipinski definition) is 3. The second-order valence-corrected chi connectivity index (χ2v) is 14.8. The lowest BCUT2D eigenvalue weighted by molar-refractivity contribution is 1.17. The lowest BCUT2D eigenvalue weighted by Crippen LogP contribution is -1.98. The Morgan fingerprint density at radius 3 is 1.51 bits per heavy atom. The molecule has 276 valence electrons. The van der Waals surface area contributed by atoms with Gasteiger partial charge >= 0.3 is 0 Å². The van der Waals surface area contributed by atoms with Crippen molar-refractivity contribution in [1.82, 2.24) is 19.5 Å². The predicted molar refractivity (Wildman–Crippen MR) is 244 cm³/mol. The first-order chi connectivity index (χ1) is 29.3. The molecule has 0 amide bonds. The number of aromatic nitrogens is 4. The van der Waals surface area contributed by atoms with Crippen molar-refractivity contribution in [1.29, 1.82) is 0 Å². The van der Waals surface area contributed by atoms with Gasteiger partial charge in [-0.05, 0) is 52.6 Å². The van der Waals surface area contributed by atoms with Gasteiger partial charge in [-0.1, -0.05) is 188 Å². The average Bonchev–Trinajstić information content (AvgIpc) is 3.68. The summed E-state index contributed by atoms with van der Waals surface area (Å²) in [7, 11) is 0. The predicted octanol–water partition coefficient (Wildman–Crippen LogP) is 14.1. The lowest BCUT2D eigenvalue weighted by Gasteiger charge is -2.15. The summed E-state index contributed by atoms with van der Waals surface area (Å²) in [5, 5.41) is 3.56. The second kappa shape index (κ2) is 14.5. The average molecular weight is 753 g/mol. The summed E-state index contributed by atoms with van der Waals surface area (Å²) in [5.41, 5.74) is 15.7. The van der Waals surface area contributed by atoms with Crippen molar-refractivity contribution in [3.8, 4) is 73.1 Å². The van der Waals surface area contributed by atoms with Crippen LogP contribution < -0.4 is 0 Å². The standard InChI is InChI=1S/C55H36N4/c1-4-16-37(17-5-1)38-28-32-40(33-29-38)49-36-50(58-55(57-49)42-18-6-2-7-19-42)41-34-30-39(31-35-41)44-22-10-11-23-45(44)53-54-52(46-24-12-14-26-48(46)56-53)47-25-13-15-27-51(47)59(54)43-20-8-3-9-21-43/h1-36H. The molecule has 0 aliphatic carbocycles. The first-order valence-electron chi connectivity index (χ1n) is 19.9. The molecular weight excluding hydrogens is 717 g/mol. The van der Waals surface area contributed by atoms with E-state index in [1.165, 1.54) is 21.9 Å². The molecule has 0 atom stereocenters. The lowest BCUT2D eigenvalue weighted by atomic mass is 9.94. The highest BCUT2D eigenvalue weighted by molar-refractivity contribution is 6.24. The van der Waals surface area contributed by atoms with Crippen molar-refractivity contribution in [3.63, 3.8) is 0 Å². The van der Waals surface area contributed by atoms with Crippen LogP contribution in [0, 0.1) is 0 Å². The van der Waals surface area contributed by atoms with Crippen LogP contribution in [-0.4, -0.2) is 19.5 Å². The minimum atomic E-state index is 0.694. The van der Waals surface area contributed by atoms with Gasteiger partial charge < -0.3 is 4.57 Å². The highest BCUT2D eigenvalue weighted by atomic mass is 15.0. The van der Waals surface area contributed by atoms with Crippen LogP contribution in [-0.2, 0) is 0 Å². The highest BCUT2D eigenvalue weighted by Crippen LogP contribution is 2.43. The van der Waals surface area contributed by atoms with E-state index in [2.05, 4.69) is 199 Å². The largest absolute Gasteiger partial charge is 0.307 e. The van der Waals surface area contributed by atoms with E-state index in [-0.39, 0.29) is 0 Å². The van der Waals surface area contributed by atoms with Crippen LogP contribution in [0.5, 0.6) is 0 Å². The number of nitrogens with zero attached hydrogens (tertiary/aromatic N) is 4. The molecule has 4 nitrogen and oxygen atoms in total. The number of hydrogen-bond donors (Lipinski definition) is 0. The Hall–Kier alpha value is -7.95. The number of para-hydroxylation sites is 3. The van der Waals surface area contributed by atoms with Crippen LogP contribution in [0.3, 0.4) is 0 Å². The van der Waals surface area contributed by atoms with Crippen LogP contribution in [0.1, 0.15) is 0 Å². The first-order valence-corrected chi connectivity index (χ1v) is 19.9. The Morgan fingerprint density at radius 2 is 0.831 bits per heavy atom. The Labute approximate surface area is 342 Å². The van der Waals surface area contributed by atoms with Gasteiger partial charge in [0.15, 0.2) is 5.82 Å². The maximum atomic E-state index is 5.47. The molecule has 0 saturated heterocycles. The fourth-order valence-corrected chi connectivity index (χ4v) is 8.41. The molecule has 4 heteroatoms. The fraction of sp³-hybridized carbons (Fsp3) is 0. The molecule has 3 aromatic heterocycles. The van der Waals surface area contributed by atoms with Gasteiger partial charge in [-0.2, -0.15) is 0 Å². The molecule has 11 aromatic rings.